The van der Waals surface area contributed by atoms with Gasteiger partial charge in [-0.1, -0.05) is 44.0 Å². The number of aryl methyl sites for hydroxylation is 2. The normalized spacial score (nSPS) is 18.3. The highest BCUT2D eigenvalue weighted by Gasteiger charge is 2.37. The van der Waals surface area contributed by atoms with E-state index in [4.69, 9.17) is 33.4 Å². The number of imidazole rings is 2. The predicted octanol–water partition coefficient (Wildman–Crippen LogP) is 5.38. The van der Waals surface area contributed by atoms with Crippen LogP contribution in [0.1, 0.15) is 51.2 Å². The van der Waals surface area contributed by atoms with Crippen LogP contribution in [0.4, 0.5) is 5.69 Å². The molecule has 16 heteroatoms. The lowest BCUT2D eigenvalue weighted by Gasteiger charge is -2.24. The SMILES string of the molecule is CC(C)(C)c1nc2ccc(Cl)c(S(=O)(=O)C3CCc4nccn4C3)c2o1.Nc1ccc(Cl)c(S(=O)(=O)C2CCc3nccn3C2)c1O. The average molecular weight is 722 g/mol. The molecule has 250 valence electrons. The van der Waals surface area contributed by atoms with Crippen molar-refractivity contribution in [1.29, 1.82) is 0 Å². The maximum Gasteiger partial charge on any atom is 0.200 e. The first-order chi connectivity index (χ1) is 22.1. The van der Waals surface area contributed by atoms with E-state index >= 15 is 0 Å². The average Bonchev–Trinajstić information content (AvgIpc) is 3.77. The Morgan fingerprint density at radius 1 is 0.851 bits per heavy atom. The van der Waals surface area contributed by atoms with E-state index in [1.807, 2.05) is 36.1 Å². The van der Waals surface area contributed by atoms with Crippen LogP contribution in [0.2, 0.25) is 10.0 Å². The third kappa shape index (κ3) is 6.12. The lowest BCUT2D eigenvalue weighted by Crippen LogP contribution is -2.32. The topological polar surface area (TPSA) is 176 Å². The number of nitrogens with zero attached hydrogens (tertiary/aromatic N) is 5. The molecule has 47 heavy (non-hydrogen) atoms. The van der Waals surface area contributed by atoms with Gasteiger partial charge in [0.1, 0.15) is 27.0 Å². The van der Waals surface area contributed by atoms with E-state index in [0.717, 1.165) is 11.6 Å². The molecule has 0 bridgehead atoms. The highest BCUT2D eigenvalue weighted by Crippen LogP contribution is 2.40. The number of halogens is 2. The summed E-state index contributed by atoms with van der Waals surface area (Å²) >= 11 is 12.3. The van der Waals surface area contributed by atoms with Crippen molar-refractivity contribution in [1.82, 2.24) is 24.1 Å². The second-order valence-corrected chi connectivity index (χ2v) is 17.9. The molecule has 2 aliphatic heterocycles. The first-order valence-electron chi connectivity index (χ1n) is 14.9. The van der Waals surface area contributed by atoms with E-state index in [0.29, 0.717) is 50.2 Å². The van der Waals surface area contributed by atoms with Crippen molar-refractivity contribution in [2.75, 3.05) is 5.73 Å². The lowest BCUT2D eigenvalue weighted by atomic mass is 9.97. The molecule has 2 aromatic carbocycles. The van der Waals surface area contributed by atoms with Crippen LogP contribution in [0.15, 0.2) is 63.3 Å². The summed E-state index contributed by atoms with van der Waals surface area (Å²) in [4.78, 5) is 12.7. The molecule has 2 atom stereocenters. The van der Waals surface area contributed by atoms with Crippen LogP contribution in [-0.4, -0.2) is 56.5 Å². The molecule has 2 unspecified atom stereocenters. The van der Waals surface area contributed by atoms with Crippen LogP contribution in [0.5, 0.6) is 5.75 Å². The minimum Gasteiger partial charge on any atom is -0.504 e. The van der Waals surface area contributed by atoms with Crippen molar-refractivity contribution in [3.63, 3.8) is 0 Å². The summed E-state index contributed by atoms with van der Waals surface area (Å²) in [5, 5.41) is 8.91. The van der Waals surface area contributed by atoms with Crippen molar-refractivity contribution in [2.24, 2.45) is 0 Å². The molecular weight excluding hydrogens is 687 g/mol. The molecule has 2 aliphatic rings. The van der Waals surface area contributed by atoms with Crippen LogP contribution in [0, 0.1) is 0 Å². The smallest absolute Gasteiger partial charge is 0.200 e. The summed E-state index contributed by atoms with van der Waals surface area (Å²) in [6.45, 7) is 6.56. The van der Waals surface area contributed by atoms with Gasteiger partial charge in [0.05, 0.1) is 26.2 Å². The number of hydrogen-bond acceptors (Lipinski definition) is 10. The Morgan fingerprint density at radius 2 is 1.36 bits per heavy atom. The fraction of sp³-hybridized carbons (Fsp3) is 0.387. The van der Waals surface area contributed by atoms with Gasteiger partial charge in [0, 0.05) is 56.1 Å². The molecule has 5 aromatic rings. The first-order valence-corrected chi connectivity index (χ1v) is 18.8. The summed E-state index contributed by atoms with van der Waals surface area (Å²) < 4.78 is 62.0. The molecule has 0 aliphatic carbocycles. The van der Waals surface area contributed by atoms with Crippen molar-refractivity contribution in [2.45, 2.75) is 85.2 Å². The number of nitrogens with two attached hydrogens (primary N) is 1. The number of anilines is 1. The second kappa shape index (κ2) is 12.1. The van der Waals surface area contributed by atoms with Gasteiger partial charge < -0.3 is 24.4 Å². The molecule has 0 fully saturated rings. The zero-order valence-electron chi connectivity index (χ0n) is 25.9. The Morgan fingerprint density at radius 3 is 1.91 bits per heavy atom. The van der Waals surface area contributed by atoms with Gasteiger partial charge in [-0.2, -0.15) is 0 Å². The molecule has 3 N–H and O–H groups in total. The van der Waals surface area contributed by atoms with E-state index in [1.165, 1.54) is 12.1 Å². The monoisotopic (exact) mass is 720 g/mol. The largest absolute Gasteiger partial charge is 0.504 e. The summed E-state index contributed by atoms with van der Waals surface area (Å²) in [6.07, 6.45) is 9.03. The van der Waals surface area contributed by atoms with E-state index < -0.39 is 35.9 Å². The molecular formula is C31H34Cl2N6O6S2. The maximum atomic E-state index is 13.4. The summed E-state index contributed by atoms with van der Waals surface area (Å²) in [7, 11) is -7.46. The summed E-state index contributed by atoms with van der Waals surface area (Å²) in [5.74, 6) is 1.80. The number of nitrogen functional groups attached to an aromatic ring is 1. The van der Waals surface area contributed by atoms with E-state index in [-0.39, 0.29) is 36.5 Å². The molecule has 7 rings (SSSR count). The third-order valence-electron chi connectivity index (χ3n) is 8.45. The fourth-order valence-corrected chi connectivity index (χ4v) is 10.5. The van der Waals surface area contributed by atoms with Crippen molar-refractivity contribution >= 4 is 59.7 Å². The number of rotatable bonds is 4. The third-order valence-corrected chi connectivity index (χ3v) is 13.8. The number of hydrogen-bond donors (Lipinski definition) is 2. The number of aromatic nitrogens is 5. The molecule has 0 radical (unpaired) electrons. The summed E-state index contributed by atoms with van der Waals surface area (Å²) in [5.41, 5.74) is 6.01. The zero-order chi connectivity index (χ0) is 33.9. The van der Waals surface area contributed by atoms with Gasteiger partial charge in [-0.05, 0) is 37.1 Å². The number of benzene rings is 2. The molecule has 5 heterocycles. The molecule has 0 amide bonds. The highest BCUT2D eigenvalue weighted by molar-refractivity contribution is 7.92. The minimum absolute atomic E-state index is 0.00268. The van der Waals surface area contributed by atoms with Crippen LogP contribution in [0.3, 0.4) is 0 Å². The van der Waals surface area contributed by atoms with Gasteiger partial charge in [-0.3, -0.25) is 0 Å². The number of oxazole rings is 1. The number of aromatic hydroxyl groups is 1. The Bertz CT molecular complexity index is 2200. The van der Waals surface area contributed by atoms with Crippen molar-refractivity contribution in [3.8, 4) is 5.75 Å². The van der Waals surface area contributed by atoms with Gasteiger partial charge >= 0.3 is 0 Å². The Kier molecular flexibility index (Phi) is 8.60. The van der Waals surface area contributed by atoms with Crippen molar-refractivity contribution < 1.29 is 26.4 Å². The Hall–Kier alpha value is -3.59. The second-order valence-electron chi connectivity index (χ2n) is 12.7. The zero-order valence-corrected chi connectivity index (χ0v) is 29.0. The molecule has 12 nitrogen and oxygen atoms in total. The van der Waals surface area contributed by atoms with E-state index in [2.05, 4.69) is 15.0 Å². The standard InChI is InChI=1S/C18H20ClN3O3S.C13H14ClN3O3S/c1-18(2,3)17-21-13-6-5-12(19)16(15(13)25-17)26(23,24)11-4-7-14-20-8-9-22(14)10-11;14-9-2-3-10(15)12(18)13(9)21(19,20)8-1-4-11-16-5-6-17(11)7-8/h5-6,8-9,11H,4,7,10H2,1-3H3;2-3,5-6,8,18H,1,4,7,15H2. The van der Waals surface area contributed by atoms with Crippen molar-refractivity contribution in [3.05, 3.63) is 76.6 Å². The summed E-state index contributed by atoms with van der Waals surface area (Å²) in [6, 6.07) is 6.04. The van der Waals surface area contributed by atoms with Gasteiger partial charge in [0.2, 0.25) is 5.89 Å². The highest BCUT2D eigenvalue weighted by atomic mass is 35.5. The number of phenols is 1. The van der Waals surface area contributed by atoms with Crippen LogP contribution in [0.25, 0.3) is 11.1 Å². The Balaban J connectivity index is 0.000000168. The van der Waals surface area contributed by atoms with Gasteiger partial charge in [-0.25, -0.2) is 31.8 Å². The van der Waals surface area contributed by atoms with Crippen LogP contribution >= 0.6 is 23.2 Å². The van der Waals surface area contributed by atoms with Gasteiger partial charge in [0.25, 0.3) is 0 Å². The fourth-order valence-electron chi connectivity index (χ4n) is 5.87. The Labute approximate surface area is 282 Å². The molecule has 0 spiro atoms. The van der Waals surface area contributed by atoms with Gasteiger partial charge in [-0.15, -0.1) is 0 Å². The number of phenolic OH excluding ortho intramolecular Hbond substituents is 1. The maximum absolute atomic E-state index is 13.4. The first kappa shape index (κ1) is 33.3. The van der Waals surface area contributed by atoms with E-state index in [9.17, 15) is 21.9 Å². The molecule has 0 saturated carbocycles. The number of fused-ring (bicyclic) bond motifs is 3. The van der Waals surface area contributed by atoms with Gasteiger partial charge in [0.15, 0.2) is 31.0 Å². The number of sulfone groups is 2. The van der Waals surface area contributed by atoms with E-state index in [1.54, 1.807) is 30.7 Å². The molecule has 0 saturated heterocycles. The molecule has 3 aromatic heterocycles. The van der Waals surface area contributed by atoms with Crippen LogP contribution in [-0.2, 0) is 51.0 Å². The van der Waals surface area contributed by atoms with Crippen LogP contribution < -0.4 is 5.73 Å². The predicted molar refractivity (Wildman–Crippen MR) is 178 cm³/mol. The minimum atomic E-state index is -3.78. The lowest BCUT2D eigenvalue weighted by molar-refractivity contribution is 0.408. The quantitative estimate of drug-likeness (QED) is 0.181.